The van der Waals surface area contributed by atoms with E-state index >= 15 is 0 Å². The minimum absolute atomic E-state index is 0.287. The third kappa shape index (κ3) is 7.58. The molecule has 0 spiro atoms. The largest absolute Gasteiger partial charge is 0.454 e. The molecule has 0 aliphatic rings. The normalized spacial score (nSPS) is 11.4. The molecule has 0 unspecified atom stereocenters. The number of nitrogens with one attached hydrogen (secondary N) is 3. The van der Waals surface area contributed by atoms with E-state index < -0.39 is 30.4 Å². The molecule has 0 aromatic heterocycles. The van der Waals surface area contributed by atoms with Gasteiger partial charge in [-0.1, -0.05) is 44.2 Å². The van der Waals surface area contributed by atoms with Gasteiger partial charge in [-0.2, -0.15) is 0 Å². The Morgan fingerprint density at radius 3 is 2.19 bits per heavy atom. The van der Waals surface area contributed by atoms with Crippen LogP contribution in [0.3, 0.4) is 0 Å². The number of ether oxygens (including phenoxy) is 1. The second kappa shape index (κ2) is 11.5. The van der Waals surface area contributed by atoms with Crippen LogP contribution < -0.4 is 16.0 Å². The highest BCUT2D eigenvalue weighted by Gasteiger charge is 2.20. The topological polar surface area (TPSA) is 114 Å². The van der Waals surface area contributed by atoms with E-state index in [1.807, 2.05) is 13.8 Å². The van der Waals surface area contributed by atoms with Crippen LogP contribution in [0.2, 0.25) is 0 Å². The summed E-state index contributed by atoms with van der Waals surface area (Å²) in [6.45, 7) is 5.38. The number of hydrogen-bond donors (Lipinski definition) is 3. The molecule has 31 heavy (non-hydrogen) atoms. The van der Waals surface area contributed by atoms with Gasteiger partial charge in [0.1, 0.15) is 6.04 Å². The molecule has 3 amide bonds. The van der Waals surface area contributed by atoms with E-state index in [9.17, 15) is 19.2 Å². The Balaban J connectivity index is 1.87. The predicted molar refractivity (Wildman–Crippen MR) is 117 cm³/mol. The quantitative estimate of drug-likeness (QED) is 0.534. The van der Waals surface area contributed by atoms with Crippen LogP contribution >= 0.6 is 0 Å². The van der Waals surface area contributed by atoms with E-state index in [1.54, 1.807) is 54.6 Å². The molecule has 2 aromatic carbocycles. The standard InChI is InChI=1S/C23H27N3O5/c1-15(2)13-24-22(29)18-11-7-8-12-19(18)26-20(27)14-31-23(30)16(3)25-21(28)17-9-5-4-6-10-17/h4-12,15-16H,13-14H2,1-3H3,(H,24,29)(H,25,28)(H,26,27)/t16-/m0/s1. The molecule has 0 aliphatic carbocycles. The Kier molecular flexibility index (Phi) is 8.75. The van der Waals surface area contributed by atoms with Gasteiger partial charge in [0.2, 0.25) is 0 Å². The second-order valence-electron chi connectivity index (χ2n) is 7.37. The molecule has 0 saturated heterocycles. The lowest BCUT2D eigenvalue weighted by atomic mass is 10.1. The fraction of sp³-hybridized carbons (Fsp3) is 0.304. The van der Waals surface area contributed by atoms with Crippen molar-refractivity contribution in [3.63, 3.8) is 0 Å². The number of rotatable bonds is 9. The highest BCUT2D eigenvalue weighted by atomic mass is 16.5. The van der Waals surface area contributed by atoms with Crippen molar-refractivity contribution in [2.24, 2.45) is 5.92 Å². The molecule has 0 fully saturated rings. The molecule has 0 radical (unpaired) electrons. The van der Waals surface area contributed by atoms with Crippen LogP contribution in [0, 0.1) is 5.92 Å². The summed E-state index contributed by atoms with van der Waals surface area (Å²) in [7, 11) is 0. The Morgan fingerprint density at radius 2 is 1.52 bits per heavy atom. The third-order valence-corrected chi connectivity index (χ3v) is 4.20. The third-order valence-electron chi connectivity index (χ3n) is 4.20. The number of esters is 1. The fourth-order valence-electron chi connectivity index (χ4n) is 2.56. The molecule has 0 aliphatic heterocycles. The van der Waals surface area contributed by atoms with Crippen LogP contribution in [-0.4, -0.2) is 42.9 Å². The molecule has 3 N–H and O–H groups in total. The van der Waals surface area contributed by atoms with Crippen molar-refractivity contribution in [1.29, 1.82) is 0 Å². The van der Waals surface area contributed by atoms with Crippen LogP contribution in [0.5, 0.6) is 0 Å². The zero-order chi connectivity index (χ0) is 22.8. The van der Waals surface area contributed by atoms with Crippen molar-refractivity contribution >= 4 is 29.4 Å². The number of carbonyl (C=O) groups excluding carboxylic acids is 4. The van der Waals surface area contributed by atoms with Gasteiger partial charge >= 0.3 is 5.97 Å². The summed E-state index contributed by atoms with van der Waals surface area (Å²) >= 11 is 0. The van der Waals surface area contributed by atoms with Gasteiger partial charge in [0, 0.05) is 12.1 Å². The van der Waals surface area contributed by atoms with Gasteiger partial charge in [-0.15, -0.1) is 0 Å². The average molecular weight is 425 g/mol. The maximum Gasteiger partial charge on any atom is 0.328 e. The van der Waals surface area contributed by atoms with E-state index in [1.165, 1.54) is 6.92 Å². The lowest BCUT2D eigenvalue weighted by molar-refractivity contribution is -0.148. The molecule has 0 saturated carbocycles. The Morgan fingerprint density at radius 1 is 0.871 bits per heavy atom. The van der Waals surface area contributed by atoms with E-state index in [2.05, 4.69) is 16.0 Å². The summed E-state index contributed by atoms with van der Waals surface area (Å²) in [6.07, 6.45) is 0. The maximum atomic E-state index is 12.3. The van der Waals surface area contributed by atoms with Gasteiger partial charge in [0.15, 0.2) is 6.61 Å². The Labute approximate surface area is 181 Å². The van der Waals surface area contributed by atoms with Crippen LogP contribution in [0.1, 0.15) is 41.5 Å². The molecule has 8 heteroatoms. The van der Waals surface area contributed by atoms with Crippen molar-refractivity contribution in [3.8, 4) is 0 Å². The van der Waals surface area contributed by atoms with E-state index in [0.29, 0.717) is 23.4 Å². The van der Waals surface area contributed by atoms with Crippen molar-refractivity contribution in [2.45, 2.75) is 26.8 Å². The molecular weight excluding hydrogens is 398 g/mol. The predicted octanol–water partition coefficient (Wildman–Crippen LogP) is 2.37. The van der Waals surface area contributed by atoms with Gasteiger partial charge < -0.3 is 20.7 Å². The number of benzene rings is 2. The highest BCUT2D eigenvalue weighted by Crippen LogP contribution is 2.15. The van der Waals surface area contributed by atoms with E-state index in [4.69, 9.17) is 4.74 Å². The van der Waals surface area contributed by atoms with Crippen molar-refractivity contribution in [1.82, 2.24) is 10.6 Å². The molecule has 2 aromatic rings. The molecular formula is C23H27N3O5. The first kappa shape index (κ1) is 23.6. The fourth-order valence-corrected chi connectivity index (χ4v) is 2.56. The molecule has 1 atom stereocenters. The van der Waals surface area contributed by atoms with Crippen molar-refractivity contribution < 1.29 is 23.9 Å². The summed E-state index contributed by atoms with van der Waals surface area (Å²) in [4.78, 5) is 48.8. The summed E-state index contributed by atoms with van der Waals surface area (Å²) < 4.78 is 4.99. The number of amides is 3. The van der Waals surface area contributed by atoms with Gasteiger partial charge in [0.05, 0.1) is 11.3 Å². The minimum Gasteiger partial charge on any atom is -0.454 e. The van der Waals surface area contributed by atoms with E-state index in [0.717, 1.165) is 0 Å². The van der Waals surface area contributed by atoms with Crippen molar-refractivity contribution in [2.75, 3.05) is 18.5 Å². The van der Waals surface area contributed by atoms with Gasteiger partial charge in [-0.05, 0) is 37.1 Å². The summed E-state index contributed by atoms with van der Waals surface area (Å²) in [5, 5.41) is 7.89. The number of anilines is 1. The van der Waals surface area contributed by atoms with E-state index in [-0.39, 0.29) is 11.8 Å². The first-order valence-electron chi connectivity index (χ1n) is 9.97. The Hall–Kier alpha value is -3.68. The van der Waals surface area contributed by atoms with Gasteiger partial charge in [0.25, 0.3) is 17.7 Å². The summed E-state index contributed by atoms with van der Waals surface area (Å²) in [5.74, 6) is -1.79. The molecule has 0 bridgehead atoms. The zero-order valence-electron chi connectivity index (χ0n) is 17.8. The van der Waals surface area contributed by atoms with Crippen LogP contribution in [-0.2, 0) is 14.3 Å². The summed E-state index contributed by atoms with van der Waals surface area (Å²) in [6, 6.07) is 14.1. The average Bonchev–Trinajstić information content (AvgIpc) is 2.76. The highest BCUT2D eigenvalue weighted by molar-refractivity contribution is 6.04. The molecule has 2 rings (SSSR count). The lowest BCUT2D eigenvalue weighted by Crippen LogP contribution is -2.40. The SMILES string of the molecule is CC(C)CNC(=O)c1ccccc1NC(=O)COC(=O)[C@H](C)NC(=O)c1ccccc1. The maximum absolute atomic E-state index is 12.3. The number of para-hydroxylation sites is 1. The van der Waals surface area contributed by atoms with Crippen LogP contribution in [0.4, 0.5) is 5.69 Å². The first-order chi connectivity index (χ1) is 14.8. The molecule has 8 nitrogen and oxygen atoms in total. The number of hydrogen-bond acceptors (Lipinski definition) is 5. The molecule has 164 valence electrons. The summed E-state index contributed by atoms with van der Waals surface area (Å²) in [5.41, 5.74) is 1.04. The lowest BCUT2D eigenvalue weighted by Gasteiger charge is -2.14. The second-order valence-corrected chi connectivity index (χ2v) is 7.37. The monoisotopic (exact) mass is 425 g/mol. The minimum atomic E-state index is -0.936. The van der Waals surface area contributed by atoms with Crippen molar-refractivity contribution in [3.05, 3.63) is 65.7 Å². The van der Waals surface area contributed by atoms with Gasteiger partial charge in [-0.3, -0.25) is 14.4 Å². The first-order valence-corrected chi connectivity index (χ1v) is 9.97. The smallest absolute Gasteiger partial charge is 0.328 e. The van der Waals surface area contributed by atoms with Gasteiger partial charge in [-0.25, -0.2) is 4.79 Å². The Bertz CT molecular complexity index is 928. The van der Waals surface area contributed by atoms with Crippen LogP contribution in [0.15, 0.2) is 54.6 Å². The number of carbonyl (C=O) groups is 4. The van der Waals surface area contributed by atoms with Crippen LogP contribution in [0.25, 0.3) is 0 Å². The molecule has 0 heterocycles. The zero-order valence-corrected chi connectivity index (χ0v) is 17.8.